The van der Waals surface area contributed by atoms with Gasteiger partial charge in [0.25, 0.3) is 0 Å². The van der Waals surface area contributed by atoms with Crippen LogP contribution in [0.1, 0.15) is 12.8 Å². The van der Waals surface area contributed by atoms with Crippen LogP contribution in [0.25, 0.3) is 0 Å². The van der Waals surface area contributed by atoms with E-state index in [4.69, 9.17) is 15.2 Å². The Kier molecular flexibility index (Phi) is 2.82. The number of hydrogen-bond acceptors (Lipinski definition) is 6. The monoisotopic (exact) mass is 224 g/mol. The van der Waals surface area contributed by atoms with Crippen LogP contribution in [0, 0.1) is 0 Å². The lowest BCUT2D eigenvalue weighted by Gasteiger charge is -2.15. The zero-order valence-corrected chi connectivity index (χ0v) is 9.49. The van der Waals surface area contributed by atoms with E-state index in [1.165, 1.54) is 0 Å². The quantitative estimate of drug-likeness (QED) is 0.753. The number of ether oxygens (including phenoxy) is 2. The maximum absolute atomic E-state index is 5.68. The number of nitrogens with one attached hydrogen (secondary N) is 1. The third-order valence-corrected chi connectivity index (χ3v) is 2.72. The molecule has 1 aromatic heterocycles. The van der Waals surface area contributed by atoms with Crippen molar-refractivity contribution in [3.8, 4) is 11.8 Å². The van der Waals surface area contributed by atoms with Gasteiger partial charge in [0.05, 0.1) is 25.8 Å². The fourth-order valence-corrected chi connectivity index (χ4v) is 1.44. The fourth-order valence-electron chi connectivity index (χ4n) is 1.44. The molecule has 0 saturated heterocycles. The second-order valence-corrected chi connectivity index (χ2v) is 3.89. The molecule has 0 aromatic carbocycles. The van der Waals surface area contributed by atoms with Crippen molar-refractivity contribution in [1.29, 1.82) is 0 Å². The van der Waals surface area contributed by atoms with Gasteiger partial charge in [-0.2, -0.15) is 9.97 Å². The molecule has 1 fully saturated rings. The summed E-state index contributed by atoms with van der Waals surface area (Å²) in [7, 11) is 3.11. The summed E-state index contributed by atoms with van der Waals surface area (Å²) < 4.78 is 10.1. The number of nitrogens with zero attached hydrogens (tertiary/aromatic N) is 2. The molecule has 1 aliphatic rings. The highest BCUT2D eigenvalue weighted by atomic mass is 16.5. The Morgan fingerprint density at radius 1 is 1.31 bits per heavy atom. The summed E-state index contributed by atoms with van der Waals surface area (Å²) in [5.74, 6) is 1.45. The summed E-state index contributed by atoms with van der Waals surface area (Å²) in [5, 5.41) is 3.22. The average Bonchev–Trinajstić information content (AvgIpc) is 3.09. The highest BCUT2D eigenvalue weighted by Crippen LogP contribution is 2.37. The Morgan fingerprint density at radius 2 is 1.88 bits per heavy atom. The van der Waals surface area contributed by atoms with Gasteiger partial charge in [-0.25, -0.2) is 0 Å². The highest BCUT2D eigenvalue weighted by molar-refractivity contribution is 5.38. The van der Waals surface area contributed by atoms with E-state index in [-0.39, 0.29) is 5.54 Å². The smallest absolute Gasteiger partial charge is 0.229 e. The van der Waals surface area contributed by atoms with Gasteiger partial charge in [0.15, 0.2) is 0 Å². The average molecular weight is 224 g/mol. The van der Waals surface area contributed by atoms with Crippen LogP contribution in [-0.4, -0.2) is 36.3 Å². The molecule has 1 heterocycles. The van der Waals surface area contributed by atoms with E-state index in [2.05, 4.69) is 15.3 Å². The molecule has 6 heteroatoms. The Labute approximate surface area is 94.2 Å². The molecule has 0 bridgehead atoms. The minimum Gasteiger partial charge on any atom is -0.481 e. The van der Waals surface area contributed by atoms with E-state index < -0.39 is 0 Å². The maximum atomic E-state index is 5.68. The number of anilines is 1. The molecule has 16 heavy (non-hydrogen) atoms. The molecule has 1 aliphatic carbocycles. The molecular weight excluding hydrogens is 208 g/mol. The summed E-state index contributed by atoms with van der Waals surface area (Å²) in [6.45, 7) is 0.579. The van der Waals surface area contributed by atoms with Crippen molar-refractivity contribution in [3.05, 3.63) is 6.07 Å². The minimum atomic E-state index is -0.0304. The number of hydrogen-bond donors (Lipinski definition) is 2. The van der Waals surface area contributed by atoms with E-state index in [0.29, 0.717) is 24.3 Å². The number of methoxy groups -OCH3 is 2. The lowest BCUT2D eigenvalue weighted by molar-refractivity contribution is 0.372. The van der Waals surface area contributed by atoms with Crippen LogP contribution in [0.3, 0.4) is 0 Å². The number of nitrogens with two attached hydrogens (primary N) is 1. The second-order valence-electron chi connectivity index (χ2n) is 3.89. The first-order valence-corrected chi connectivity index (χ1v) is 5.17. The molecule has 1 saturated carbocycles. The van der Waals surface area contributed by atoms with Gasteiger partial charge < -0.3 is 20.5 Å². The molecular formula is C10H16N4O2. The summed E-state index contributed by atoms with van der Waals surface area (Å²) >= 11 is 0. The lowest BCUT2D eigenvalue weighted by Crippen LogP contribution is -2.31. The standard InChI is InChI=1S/C10H16N4O2/c1-15-7-5-8(16-2)13-9(12-7)14-10(6-11)3-4-10/h5H,3-4,6,11H2,1-2H3,(H,12,13,14). The highest BCUT2D eigenvalue weighted by Gasteiger charge is 2.42. The Morgan fingerprint density at radius 3 is 2.25 bits per heavy atom. The van der Waals surface area contributed by atoms with Gasteiger partial charge in [0.2, 0.25) is 17.7 Å². The van der Waals surface area contributed by atoms with Gasteiger partial charge in [0.1, 0.15) is 0 Å². The molecule has 2 rings (SSSR count). The van der Waals surface area contributed by atoms with Crippen molar-refractivity contribution in [1.82, 2.24) is 9.97 Å². The van der Waals surface area contributed by atoms with Gasteiger partial charge >= 0.3 is 0 Å². The third kappa shape index (κ3) is 2.16. The second kappa shape index (κ2) is 4.13. The molecule has 0 amide bonds. The van der Waals surface area contributed by atoms with E-state index in [1.807, 2.05) is 0 Å². The minimum absolute atomic E-state index is 0.0304. The van der Waals surface area contributed by atoms with Crippen molar-refractivity contribution < 1.29 is 9.47 Å². The van der Waals surface area contributed by atoms with Crippen molar-refractivity contribution in [2.24, 2.45) is 5.73 Å². The van der Waals surface area contributed by atoms with Crippen LogP contribution >= 0.6 is 0 Å². The summed E-state index contributed by atoms with van der Waals surface area (Å²) in [4.78, 5) is 8.39. The predicted molar refractivity (Wildman–Crippen MR) is 59.8 cm³/mol. The van der Waals surface area contributed by atoms with E-state index in [9.17, 15) is 0 Å². The zero-order valence-electron chi connectivity index (χ0n) is 9.49. The van der Waals surface area contributed by atoms with Crippen molar-refractivity contribution in [2.75, 3.05) is 26.1 Å². The first-order chi connectivity index (χ1) is 7.71. The molecule has 0 atom stereocenters. The molecule has 6 nitrogen and oxygen atoms in total. The number of rotatable bonds is 5. The van der Waals surface area contributed by atoms with E-state index >= 15 is 0 Å². The Balaban J connectivity index is 2.19. The van der Waals surface area contributed by atoms with Gasteiger partial charge in [-0.05, 0) is 12.8 Å². The summed E-state index contributed by atoms with van der Waals surface area (Å²) in [6, 6.07) is 1.63. The molecule has 0 radical (unpaired) electrons. The fraction of sp³-hybridized carbons (Fsp3) is 0.600. The molecule has 3 N–H and O–H groups in total. The summed E-state index contributed by atoms with van der Waals surface area (Å²) in [5.41, 5.74) is 5.65. The van der Waals surface area contributed by atoms with Crippen LogP contribution in [0.15, 0.2) is 6.07 Å². The molecule has 0 unspecified atom stereocenters. The predicted octanol–water partition coefficient (Wildman–Crippen LogP) is 0.397. The first kappa shape index (κ1) is 10.9. The van der Waals surface area contributed by atoms with Gasteiger partial charge in [-0.15, -0.1) is 0 Å². The largest absolute Gasteiger partial charge is 0.481 e. The van der Waals surface area contributed by atoms with Crippen LogP contribution in [0.4, 0.5) is 5.95 Å². The molecule has 88 valence electrons. The Bertz CT molecular complexity index is 357. The maximum Gasteiger partial charge on any atom is 0.229 e. The molecule has 1 aromatic rings. The van der Waals surface area contributed by atoms with Crippen LogP contribution in [0.2, 0.25) is 0 Å². The van der Waals surface area contributed by atoms with Crippen molar-refractivity contribution in [2.45, 2.75) is 18.4 Å². The zero-order chi connectivity index (χ0) is 11.6. The van der Waals surface area contributed by atoms with E-state index in [1.54, 1.807) is 20.3 Å². The summed E-state index contributed by atoms with van der Waals surface area (Å²) in [6.07, 6.45) is 2.10. The SMILES string of the molecule is COc1cc(OC)nc(NC2(CN)CC2)n1. The van der Waals surface area contributed by atoms with Gasteiger partial charge in [-0.1, -0.05) is 0 Å². The lowest BCUT2D eigenvalue weighted by atomic mass is 10.3. The van der Waals surface area contributed by atoms with Crippen LogP contribution in [-0.2, 0) is 0 Å². The van der Waals surface area contributed by atoms with Crippen molar-refractivity contribution >= 4 is 5.95 Å². The van der Waals surface area contributed by atoms with Crippen LogP contribution < -0.4 is 20.5 Å². The van der Waals surface area contributed by atoms with Gasteiger partial charge in [-0.3, -0.25) is 0 Å². The molecule has 0 aliphatic heterocycles. The molecule has 0 spiro atoms. The van der Waals surface area contributed by atoms with Gasteiger partial charge in [0, 0.05) is 6.54 Å². The van der Waals surface area contributed by atoms with Crippen molar-refractivity contribution in [3.63, 3.8) is 0 Å². The van der Waals surface area contributed by atoms with E-state index in [0.717, 1.165) is 12.8 Å². The first-order valence-electron chi connectivity index (χ1n) is 5.17. The normalized spacial score (nSPS) is 16.7. The third-order valence-electron chi connectivity index (χ3n) is 2.72. The topological polar surface area (TPSA) is 82.3 Å². The Hall–Kier alpha value is -1.56. The van der Waals surface area contributed by atoms with Crippen LogP contribution in [0.5, 0.6) is 11.8 Å². The number of aromatic nitrogens is 2.